The zero-order valence-electron chi connectivity index (χ0n) is 11.2. The first kappa shape index (κ1) is 12.7. The molecule has 0 atom stereocenters. The number of rotatable bonds is 3. The summed E-state index contributed by atoms with van der Waals surface area (Å²) in [5, 5.41) is 0. The summed E-state index contributed by atoms with van der Waals surface area (Å²) in [5.74, 6) is 1.76. The molecule has 3 rings (SSSR count). The average Bonchev–Trinajstić information content (AvgIpc) is 2.51. The first-order chi connectivity index (χ1) is 9.84. The van der Waals surface area contributed by atoms with Gasteiger partial charge in [0.1, 0.15) is 17.8 Å². The van der Waals surface area contributed by atoms with Crippen molar-refractivity contribution in [3.8, 4) is 11.6 Å². The van der Waals surface area contributed by atoms with E-state index in [4.69, 9.17) is 10.5 Å². The van der Waals surface area contributed by atoms with Crippen LogP contribution in [0.1, 0.15) is 19.3 Å². The van der Waals surface area contributed by atoms with Gasteiger partial charge in [-0.15, -0.1) is 0 Å². The van der Waals surface area contributed by atoms with E-state index < -0.39 is 0 Å². The third-order valence-electron chi connectivity index (χ3n) is 3.33. The Morgan fingerprint density at radius 1 is 1.15 bits per heavy atom. The van der Waals surface area contributed by atoms with Crippen molar-refractivity contribution in [2.75, 3.05) is 23.7 Å². The summed E-state index contributed by atoms with van der Waals surface area (Å²) >= 11 is 0. The van der Waals surface area contributed by atoms with Gasteiger partial charge in [0, 0.05) is 19.3 Å². The number of nitrogen functional groups attached to an aromatic ring is 1. The summed E-state index contributed by atoms with van der Waals surface area (Å²) in [6.07, 6.45) is 8.41. The summed E-state index contributed by atoms with van der Waals surface area (Å²) in [5.41, 5.74) is 6.63. The number of nitrogens with two attached hydrogens (primary N) is 1. The lowest BCUT2D eigenvalue weighted by molar-refractivity contribution is 0.461. The summed E-state index contributed by atoms with van der Waals surface area (Å²) in [4.78, 5) is 14.6. The lowest BCUT2D eigenvalue weighted by Crippen LogP contribution is -2.31. The van der Waals surface area contributed by atoms with Gasteiger partial charge in [-0.1, -0.05) is 0 Å². The minimum atomic E-state index is 0.383. The Morgan fingerprint density at radius 3 is 2.75 bits per heavy atom. The van der Waals surface area contributed by atoms with Gasteiger partial charge in [0.05, 0.1) is 6.20 Å². The lowest BCUT2D eigenvalue weighted by Gasteiger charge is -2.28. The highest BCUT2D eigenvalue weighted by atomic mass is 16.5. The Balaban J connectivity index is 1.85. The molecule has 6 nitrogen and oxygen atoms in total. The maximum Gasteiger partial charge on any atom is 0.248 e. The predicted octanol–water partition coefficient (Wildman–Crippen LogP) is 2.24. The first-order valence-electron chi connectivity index (χ1n) is 6.78. The largest absolute Gasteiger partial charge is 0.435 e. The second kappa shape index (κ2) is 5.73. The molecule has 3 heterocycles. The van der Waals surface area contributed by atoms with Gasteiger partial charge in [-0.3, -0.25) is 4.98 Å². The molecule has 0 bridgehead atoms. The number of nitrogens with zero attached hydrogens (tertiary/aromatic N) is 4. The number of anilines is 2. The Kier molecular flexibility index (Phi) is 3.62. The molecule has 1 fully saturated rings. The molecule has 0 saturated carbocycles. The van der Waals surface area contributed by atoms with Gasteiger partial charge in [-0.05, 0) is 31.4 Å². The van der Waals surface area contributed by atoms with Gasteiger partial charge >= 0.3 is 0 Å². The molecular weight excluding hydrogens is 254 g/mol. The van der Waals surface area contributed by atoms with Crippen LogP contribution in [0.25, 0.3) is 0 Å². The van der Waals surface area contributed by atoms with Crippen molar-refractivity contribution in [1.82, 2.24) is 15.0 Å². The Hall–Kier alpha value is -2.37. The highest BCUT2D eigenvalue weighted by molar-refractivity contribution is 5.68. The molecule has 1 saturated heterocycles. The second-order valence-corrected chi connectivity index (χ2v) is 4.75. The van der Waals surface area contributed by atoms with Crippen molar-refractivity contribution in [3.05, 3.63) is 30.9 Å². The van der Waals surface area contributed by atoms with Crippen LogP contribution in [0.3, 0.4) is 0 Å². The van der Waals surface area contributed by atoms with Gasteiger partial charge in [0.2, 0.25) is 5.88 Å². The van der Waals surface area contributed by atoms with Crippen LogP contribution in [0.5, 0.6) is 11.6 Å². The molecular formula is C14H17N5O. The van der Waals surface area contributed by atoms with E-state index in [1.807, 2.05) is 6.07 Å². The summed E-state index contributed by atoms with van der Waals surface area (Å²) in [7, 11) is 0. The number of pyridine rings is 1. The highest BCUT2D eigenvalue weighted by Crippen LogP contribution is 2.32. The zero-order valence-corrected chi connectivity index (χ0v) is 11.2. The lowest BCUT2D eigenvalue weighted by atomic mass is 10.1. The van der Waals surface area contributed by atoms with Crippen LogP contribution in [-0.2, 0) is 0 Å². The van der Waals surface area contributed by atoms with Crippen LogP contribution < -0.4 is 15.4 Å². The number of piperidine rings is 1. The number of hydrogen-bond acceptors (Lipinski definition) is 6. The smallest absolute Gasteiger partial charge is 0.248 e. The average molecular weight is 271 g/mol. The molecule has 6 heteroatoms. The van der Waals surface area contributed by atoms with Crippen molar-refractivity contribution in [3.63, 3.8) is 0 Å². The van der Waals surface area contributed by atoms with Gasteiger partial charge in [-0.2, -0.15) is 4.98 Å². The molecule has 1 aliphatic rings. The first-order valence-corrected chi connectivity index (χ1v) is 6.78. The van der Waals surface area contributed by atoms with E-state index in [-0.39, 0.29) is 0 Å². The third kappa shape index (κ3) is 2.64. The molecule has 1 aliphatic heterocycles. The predicted molar refractivity (Wildman–Crippen MR) is 76.8 cm³/mol. The van der Waals surface area contributed by atoms with E-state index >= 15 is 0 Å². The standard InChI is InChI=1S/C14H17N5O/c15-12-13(19-7-2-1-3-8-19)17-10-18-14(12)20-11-5-4-6-16-9-11/h4-6,9-10H,1-3,7-8,15H2. The number of ether oxygens (including phenoxy) is 1. The summed E-state index contributed by atoms with van der Waals surface area (Å²) < 4.78 is 5.68. The Labute approximate surface area is 117 Å². The fourth-order valence-electron chi connectivity index (χ4n) is 2.33. The van der Waals surface area contributed by atoms with E-state index in [2.05, 4.69) is 19.9 Å². The molecule has 0 spiro atoms. The third-order valence-corrected chi connectivity index (χ3v) is 3.33. The van der Waals surface area contributed by atoms with E-state index in [1.165, 1.54) is 25.6 Å². The second-order valence-electron chi connectivity index (χ2n) is 4.75. The maximum atomic E-state index is 6.15. The van der Waals surface area contributed by atoms with Crippen LogP contribution in [0.15, 0.2) is 30.9 Å². The van der Waals surface area contributed by atoms with Crippen LogP contribution in [0, 0.1) is 0 Å². The highest BCUT2D eigenvalue weighted by Gasteiger charge is 2.18. The minimum absolute atomic E-state index is 0.383. The number of aromatic nitrogens is 3. The molecule has 2 aromatic heterocycles. The van der Waals surface area contributed by atoms with E-state index in [0.29, 0.717) is 17.3 Å². The quantitative estimate of drug-likeness (QED) is 0.922. The van der Waals surface area contributed by atoms with Gasteiger partial charge in [-0.25, -0.2) is 4.98 Å². The molecule has 0 aliphatic carbocycles. The van der Waals surface area contributed by atoms with Crippen molar-refractivity contribution in [2.24, 2.45) is 0 Å². The van der Waals surface area contributed by atoms with Crippen LogP contribution in [0.2, 0.25) is 0 Å². The molecule has 20 heavy (non-hydrogen) atoms. The van der Waals surface area contributed by atoms with E-state index in [1.54, 1.807) is 18.5 Å². The van der Waals surface area contributed by atoms with Gasteiger partial charge in [0.15, 0.2) is 5.82 Å². The topological polar surface area (TPSA) is 77.2 Å². The minimum Gasteiger partial charge on any atom is -0.435 e. The van der Waals surface area contributed by atoms with Crippen molar-refractivity contribution in [2.45, 2.75) is 19.3 Å². The van der Waals surface area contributed by atoms with Crippen LogP contribution >= 0.6 is 0 Å². The van der Waals surface area contributed by atoms with E-state index in [0.717, 1.165) is 18.9 Å². The van der Waals surface area contributed by atoms with Gasteiger partial charge < -0.3 is 15.4 Å². The SMILES string of the molecule is Nc1c(Oc2cccnc2)ncnc1N1CCCCC1. The molecule has 0 aromatic carbocycles. The fraction of sp³-hybridized carbons (Fsp3) is 0.357. The summed E-state index contributed by atoms with van der Waals surface area (Å²) in [6, 6.07) is 3.62. The molecule has 0 unspecified atom stereocenters. The maximum absolute atomic E-state index is 6.15. The van der Waals surface area contributed by atoms with Crippen LogP contribution in [0.4, 0.5) is 11.5 Å². The van der Waals surface area contributed by atoms with E-state index in [9.17, 15) is 0 Å². The van der Waals surface area contributed by atoms with Crippen molar-refractivity contribution in [1.29, 1.82) is 0 Å². The molecule has 104 valence electrons. The monoisotopic (exact) mass is 271 g/mol. The summed E-state index contributed by atoms with van der Waals surface area (Å²) in [6.45, 7) is 1.96. The van der Waals surface area contributed by atoms with Gasteiger partial charge in [0.25, 0.3) is 0 Å². The number of hydrogen-bond donors (Lipinski definition) is 1. The van der Waals surface area contributed by atoms with Crippen molar-refractivity contribution >= 4 is 11.5 Å². The fourth-order valence-corrected chi connectivity index (χ4v) is 2.33. The van der Waals surface area contributed by atoms with Crippen molar-refractivity contribution < 1.29 is 4.74 Å². The normalized spacial score (nSPS) is 15.1. The Morgan fingerprint density at radius 2 is 2.00 bits per heavy atom. The molecule has 0 radical (unpaired) electrons. The molecule has 2 N–H and O–H groups in total. The van der Waals surface area contributed by atoms with Crippen LogP contribution in [-0.4, -0.2) is 28.0 Å². The molecule has 0 amide bonds. The Bertz CT molecular complexity index is 569. The zero-order chi connectivity index (χ0) is 13.8. The molecule has 2 aromatic rings.